The summed E-state index contributed by atoms with van der Waals surface area (Å²) >= 11 is 0. The van der Waals surface area contributed by atoms with Gasteiger partial charge >= 0.3 is 0 Å². The second-order valence-electron chi connectivity index (χ2n) is 3.64. The van der Waals surface area contributed by atoms with Crippen LogP contribution in [-0.2, 0) is 0 Å². The lowest BCUT2D eigenvalue weighted by atomic mass is 10.0. The molecule has 0 radical (unpaired) electrons. The Morgan fingerprint density at radius 2 is 2.06 bits per heavy atom. The zero-order valence-electron chi connectivity index (χ0n) is 9.98. The molecule has 0 unspecified atom stereocenters. The van der Waals surface area contributed by atoms with Crippen LogP contribution in [0.5, 0.6) is 11.5 Å². The van der Waals surface area contributed by atoms with E-state index in [2.05, 4.69) is 4.98 Å². The topological polar surface area (TPSA) is 48.4 Å². The third kappa shape index (κ3) is 1.82. The Kier molecular flexibility index (Phi) is 2.95. The number of Topliss-reactive ketones (excluding diaryl/α,β-unsaturated/α-hetero) is 1. The summed E-state index contributed by atoms with van der Waals surface area (Å²) in [5.74, 6) is 0.953. The SMILES string of the molecule is COc1cc2cnccc2c(C(C)=O)c1OC. The summed E-state index contributed by atoms with van der Waals surface area (Å²) in [5.41, 5.74) is 0.532. The number of benzene rings is 1. The van der Waals surface area contributed by atoms with E-state index in [1.807, 2.05) is 6.07 Å². The summed E-state index contributed by atoms with van der Waals surface area (Å²) in [6.07, 6.45) is 3.35. The van der Waals surface area contributed by atoms with Crippen molar-refractivity contribution in [3.05, 3.63) is 30.1 Å². The van der Waals surface area contributed by atoms with Gasteiger partial charge in [-0.25, -0.2) is 0 Å². The number of pyridine rings is 1. The van der Waals surface area contributed by atoms with Crippen molar-refractivity contribution in [3.63, 3.8) is 0 Å². The molecule has 0 saturated carbocycles. The highest BCUT2D eigenvalue weighted by atomic mass is 16.5. The molecule has 0 aliphatic heterocycles. The van der Waals surface area contributed by atoms with Gasteiger partial charge in [0.15, 0.2) is 17.3 Å². The molecule has 0 N–H and O–H groups in total. The van der Waals surface area contributed by atoms with Crippen molar-refractivity contribution in [1.82, 2.24) is 4.98 Å². The van der Waals surface area contributed by atoms with Crippen LogP contribution in [0.4, 0.5) is 0 Å². The van der Waals surface area contributed by atoms with E-state index in [0.717, 1.165) is 10.8 Å². The van der Waals surface area contributed by atoms with Crippen LogP contribution in [-0.4, -0.2) is 25.0 Å². The molecule has 0 aliphatic carbocycles. The second-order valence-corrected chi connectivity index (χ2v) is 3.64. The van der Waals surface area contributed by atoms with Crippen molar-refractivity contribution >= 4 is 16.6 Å². The smallest absolute Gasteiger partial charge is 0.172 e. The molecule has 0 saturated heterocycles. The maximum absolute atomic E-state index is 11.8. The molecule has 2 aromatic rings. The van der Waals surface area contributed by atoms with E-state index >= 15 is 0 Å². The number of nitrogens with zero attached hydrogens (tertiary/aromatic N) is 1. The van der Waals surface area contributed by atoms with Crippen molar-refractivity contribution in [2.24, 2.45) is 0 Å². The fourth-order valence-electron chi connectivity index (χ4n) is 1.91. The Balaban J connectivity index is 2.90. The van der Waals surface area contributed by atoms with Crippen LogP contribution in [0.3, 0.4) is 0 Å². The van der Waals surface area contributed by atoms with E-state index in [0.29, 0.717) is 17.1 Å². The first-order valence-electron chi connectivity index (χ1n) is 5.18. The molecule has 1 heterocycles. The highest BCUT2D eigenvalue weighted by Crippen LogP contribution is 2.37. The van der Waals surface area contributed by atoms with Gasteiger partial charge in [0.2, 0.25) is 0 Å². The van der Waals surface area contributed by atoms with Gasteiger partial charge in [0, 0.05) is 17.8 Å². The first-order valence-corrected chi connectivity index (χ1v) is 5.18. The van der Waals surface area contributed by atoms with Gasteiger partial charge in [-0.1, -0.05) is 0 Å². The summed E-state index contributed by atoms with van der Waals surface area (Å²) in [4.78, 5) is 15.8. The van der Waals surface area contributed by atoms with Gasteiger partial charge in [-0.3, -0.25) is 9.78 Å². The van der Waals surface area contributed by atoms with Crippen LogP contribution in [0.15, 0.2) is 24.5 Å². The van der Waals surface area contributed by atoms with E-state index in [1.54, 1.807) is 25.6 Å². The number of carbonyl (C=O) groups excluding carboxylic acids is 1. The number of methoxy groups -OCH3 is 2. The highest BCUT2D eigenvalue weighted by Gasteiger charge is 2.17. The molecule has 2 rings (SSSR count). The van der Waals surface area contributed by atoms with Crippen LogP contribution in [0.1, 0.15) is 17.3 Å². The Bertz CT molecular complexity index is 578. The normalized spacial score (nSPS) is 10.3. The lowest BCUT2D eigenvalue weighted by Gasteiger charge is -2.13. The molecule has 17 heavy (non-hydrogen) atoms. The van der Waals surface area contributed by atoms with Gasteiger partial charge in [0.1, 0.15) is 0 Å². The third-order valence-corrected chi connectivity index (χ3v) is 2.63. The van der Waals surface area contributed by atoms with Crippen LogP contribution in [0.2, 0.25) is 0 Å². The predicted octanol–water partition coefficient (Wildman–Crippen LogP) is 2.45. The number of fused-ring (bicyclic) bond motifs is 1. The molecule has 0 bridgehead atoms. The number of carbonyl (C=O) groups is 1. The summed E-state index contributed by atoms with van der Waals surface area (Å²) in [6.45, 7) is 1.51. The lowest BCUT2D eigenvalue weighted by molar-refractivity contribution is 0.101. The molecule has 1 aromatic heterocycles. The van der Waals surface area contributed by atoms with E-state index in [1.165, 1.54) is 14.0 Å². The van der Waals surface area contributed by atoms with Gasteiger partial charge in [0.25, 0.3) is 0 Å². The van der Waals surface area contributed by atoms with E-state index in [9.17, 15) is 4.79 Å². The minimum absolute atomic E-state index is 0.0584. The van der Waals surface area contributed by atoms with Gasteiger partial charge in [0.05, 0.1) is 19.8 Å². The Labute approximate surface area is 99.2 Å². The number of rotatable bonds is 3. The molecule has 4 nitrogen and oxygen atoms in total. The maximum atomic E-state index is 11.8. The number of ether oxygens (including phenoxy) is 2. The van der Waals surface area contributed by atoms with Crippen molar-refractivity contribution in [2.75, 3.05) is 14.2 Å². The number of hydrogen-bond acceptors (Lipinski definition) is 4. The molecule has 1 aromatic carbocycles. The van der Waals surface area contributed by atoms with Gasteiger partial charge < -0.3 is 9.47 Å². The predicted molar refractivity (Wildman–Crippen MR) is 64.9 cm³/mol. The van der Waals surface area contributed by atoms with Crippen LogP contribution in [0.25, 0.3) is 10.8 Å². The fraction of sp³-hybridized carbons (Fsp3) is 0.231. The lowest BCUT2D eigenvalue weighted by Crippen LogP contribution is -2.01. The molecule has 88 valence electrons. The van der Waals surface area contributed by atoms with Crippen LogP contribution >= 0.6 is 0 Å². The van der Waals surface area contributed by atoms with Crippen LogP contribution < -0.4 is 9.47 Å². The van der Waals surface area contributed by atoms with Crippen molar-refractivity contribution in [3.8, 4) is 11.5 Å². The van der Waals surface area contributed by atoms with Crippen molar-refractivity contribution in [2.45, 2.75) is 6.92 Å². The first-order chi connectivity index (χ1) is 8.19. The average Bonchev–Trinajstić information content (AvgIpc) is 2.35. The summed E-state index contributed by atoms with van der Waals surface area (Å²) in [7, 11) is 3.07. The maximum Gasteiger partial charge on any atom is 0.172 e. The summed E-state index contributed by atoms with van der Waals surface area (Å²) in [5, 5.41) is 1.68. The van der Waals surface area contributed by atoms with Crippen molar-refractivity contribution < 1.29 is 14.3 Å². The standard InChI is InChI=1S/C13H13NO3/c1-8(15)12-10-4-5-14-7-9(10)6-11(16-2)13(12)17-3/h4-7H,1-3H3. The zero-order valence-corrected chi connectivity index (χ0v) is 9.98. The molecular formula is C13H13NO3. The largest absolute Gasteiger partial charge is 0.493 e. The van der Waals surface area contributed by atoms with E-state index in [-0.39, 0.29) is 5.78 Å². The fourth-order valence-corrected chi connectivity index (χ4v) is 1.91. The first kappa shape index (κ1) is 11.4. The number of ketones is 1. The summed E-state index contributed by atoms with van der Waals surface area (Å²) in [6, 6.07) is 3.61. The van der Waals surface area contributed by atoms with E-state index in [4.69, 9.17) is 9.47 Å². The number of aromatic nitrogens is 1. The third-order valence-electron chi connectivity index (χ3n) is 2.63. The van der Waals surface area contributed by atoms with Gasteiger partial charge in [-0.2, -0.15) is 0 Å². The highest BCUT2D eigenvalue weighted by molar-refractivity contribution is 6.10. The second kappa shape index (κ2) is 4.41. The molecule has 0 aliphatic rings. The van der Waals surface area contributed by atoms with Gasteiger partial charge in [-0.15, -0.1) is 0 Å². The van der Waals surface area contributed by atoms with E-state index < -0.39 is 0 Å². The molecule has 4 heteroatoms. The monoisotopic (exact) mass is 231 g/mol. The molecule has 0 atom stereocenters. The number of hydrogen-bond donors (Lipinski definition) is 0. The Morgan fingerprint density at radius 1 is 1.29 bits per heavy atom. The minimum Gasteiger partial charge on any atom is -0.493 e. The minimum atomic E-state index is -0.0584. The zero-order chi connectivity index (χ0) is 12.4. The summed E-state index contributed by atoms with van der Waals surface area (Å²) < 4.78 is 10.5. The van der Waals surface area contributed by atoms with Crippen LogP contribution in [0, 0.1) is 0 Å². The van der Waals surface area contributed by atoms with Gasteiger partial charge in [-0.05, 0) is 24.4 Å². The Hall–Kier alpha value is -2.10. The quantitative estimate of drug-likeness (QED) is 0.761. The molecular weight excluding hydrogens is 218 g/mol. The molecule has 0 spiro atoms. The molecule has 0 fully saturated rings. The molecule has 0 amide bonds. The van der Waals surface area contributed by atoms with Crippen molar-refractivity contribution in [1.29, 1.82) is 0 Å². The Morgan fingerprint density at radius 3 is 2.65 bits per heavy atom. The average molecular weight is 231 g/mol.